The number of urea groups is 1. The Labute approximate surface area is 137 Å². The van der Waals surface area contributed by atoms with Crippen LogP contribution < -0.4 is 16.0 Å². The van der Waals surface area contributed by atoms with Crippen molar-refractivity contribution in [3.8, 4) is 0 Å². The molecule has 6 nitrogen and oxygen atoms in total. The fourth-order valence-corrected chi connectivity index (χ4v) is 2.73. The highest BCUT2D eigenvalue weighted by molar-refractivity contribution is 6.42. The van der Waals surface area contributed by atoms with E-state index in [1.165, 1.54) is 0 Å². The zero-order valence-electron chi connectivity index (χ0n) is 11.9. The fourth-order valence-electron chi connectivity index (χ4n) is 2.43. The molecule has 0 saturated carbocycles. The van der Waals surface area contributed by atoms with Gasteiger partial charge in [-0.25, -0.2) is 4.79 Å². The molecule has 0 aliphatic carbocycles. The number of aryl methyl sites for hydroxylation is 1. The van der Waals surface area contributed by atoms with Gasteiger partial charge in [0, 0.05) is 37.8 Å². The first kappa shape index (κ1) is 15.1. The molecule has 0 spiro atoms. The summed E-state index contributed by atoms with van der Waals surface area (Å²) in [4.78, 5) is 12.2. The lowest BCUT2D eigenvalue weighted by atomic mass is 10.1. The SMILES string of the molecule is Cn1nc2c(c1NC(=O)Nc1ccc(Cl)c(Cl)c1)CNCC2. The van der Waals surface area contributed by atoms with Crippen LogP contribution in [-0.4, -0.2) is 22.4 Å². The van der Waals surface area contributed by atoms with Crippen molar-refractivity contribution in [1.82, 2.24) is 15.1 Å². The molecule has 2 aromatic rings. The van der Waals surface area contributed by atoms with Crippen LogP contribution in [-0.2, 0) is 20.0 Å². The number of hydrogen-bond acceptors (Lipinski definition) is 3. The number of hydrogen-bond donors (Lipinski definition) is 3. The van der Waals surface area contributed by atoms with Gasteiger partial charge in [-0.15, -0.1) is 0 Å². The van der Waals surface area contributed by atoms with Crippen LogP contribution in [0, 0.1) is 0 Å². The normalized spacial score (nSPS) is 13.6. The molecule has 22 heavy (non-hydrogen) atoms. The van der Waals surface area contributed by atoms with Crippen molar-refractivity contribution in [2.75, 3.05) is 17.2 Å². The van der Waals surface area contributed by atoms with Gasteiger partial charge < -0.3 is 10.6 Å². The third-order valence-corrected chi connectivity index (χ3v) is 4.22. The molecule has 0 atom stereocenters. The molecule has 3 N–H and O–H groups in total. The van der Waals surface area contributed by atoms with Crippen molar-refractivity contribution >= 4 is 40.7 Å². The van der Waals surface area contributed by atoms with E-state index in [1.54, 1.807) is 22.9 Å². The molecule has 3 rings (SSSR count). The van der Waals surface area contributed by atoms with Crippen LogP contribution in [0.25, 0.3) is 0 Å². The first-order valence-electron chi connectivity index (χ1n) is 6.83. The quantitative estimate of drug-likeness (QED) is 0.787. The smallest absolute Gasteiger partial charge is 0.312 e. The van der Waals surface area contributed by atoms with Crippen LogP contribution in [0.15, 0.2) is 18.2 Å². The monoisotopic (exact) mass is 339 g/mol. The largest absolute Gasteiger partial charge is 0.324 e. The molecule has 2 amide bonds. The Morgan fingerprint density at radius 2 is 2.14 bits per heavy atom. The first-order valence-corrected chi connectivity index (χ1v) is 7.58. The van der Waals surface area contributed by atoms with E-state index in [-0.39, 0.29) is 6.03 Å². The minimum Gasteiger partial charge on any atom is -0.312 e. The number of benzene rings is 1. The molecule has 1 aliphatic heterocycles. The number of fused-ring (bicyclic) bond motifs is 1. The summed E-state index contributed by atoms with van der Waals surface area (Å²) in [5, 5.41) is 14.1. The Morgan fingerprint density at radius 1 is 1.32 bits per heavy atom. The van der Waals surface area contributed by atoms with Gasteiger partial charge in [0.25, 0.3) is 0 Å². The van der Waals surface area contributed by atoms with Crippen LogP contribution in [0.5, 0.6) is 0 Å². The van der Waals surface area contributed by atoms with Gasteiger partial charge in [0.2, 0.25) is 0 Å². The molecule has 116 valence electrons. The zero-order valence-corrected chi connectivity index (χ0v) is 13.4. The molecule has 8 heteroatoms. The van der Waals surface area contributed by atoms with Gasteiger partial charge in [-0.1, -0.05) is 23.2 Å². The predicted molar refractivity (Wildman–Crippen MR) is 87.7 cm³/mol. The standard InChI is InChI=1S/C14H15Cl2N5O/c1-21-13(9-7-17-5-4-12(9)20-21)19-14(22)18-8-2-3-10(15)11(16)6-8/h2-3,6,17H,4-5,7H2,1H3,(H2,18,19,22). The first-order chi connectivity index (χ1) is 10.5. The van der Waals surface area contributed by atoms with Crippen LogP contribution in [0.1, 0.15) is 11.3 Å². The highest BCUT2D eigenvalue weighted by atomic mass is 35.5. The van der Waals surface area contributed by atoms with Gasteiger partial charge in [-0.3, -0.25) is 10.00 Å². The second-order valence-electron chi connectivity index (χ2n) is 5.03. The van der Waals surface area contributed by atoms with E-state index in [4.69, 9.17) is 23.2 Å². The summed E-state index contributed by atoms with van der Waals surface area (Å²) in [6, 6.07) is 4.57. The van der Waals surface area contributed by atoms with Gasteiger partial charge in [0.15, 0.2) is 0 Å². The van der Waals surface area contributed by atoms with Gasteiger partial charge >= 0.3 is 6.03 Å². The van der Waals surface area contributed by atoms with E-state index in [0.717, 1.165) is 24.2 Å². The van der Waals surface area contributed by atoms with Crippen LogP contribution in [0.4, 0.5) is 16.3 Å². The molecule has 2 heterocycles. The van der Waals surface area contributed by atoms with E-state index in [2.05, 4.69) is 21.0 Å². The summed E-state index contributed by atoms with van der Waals surface area (Å²) in [5.74, 6) is 0.694. The zero-order chi connectivity index (χ0) is 15.7. The summed E-state index contributed by atoms with van der Waals surface area (Å²) < 4.78 is 1.69. The number of carbonyl (C=O) groups excluding carboxylic acids is 1. The van der Waals surface area contributed by atoms with Crippen LogP contribution in [0.2, 0.25) is 10.0 Å². The molecule has 0 bridgehead atoms. The molecule has 1 aromatic heterocycles. The lowest BCUT2D eigenvalue weighted by Crippen LogP contribution is -2.25. The maximum atomic E-state index is 12.2. The minimum atomic E-state index is -0.352. The maximum Gasteiger partial charge on any atom is 0.324 e. The molecule has 0 unspecified atom stereocenters. The van der Waals surface area contributed by atoms with Crippen molar-refractivity contribution in [2.45, 2.75) is 13.0 Å². The second-order valence-corrected chi connectivity index (χ2v) is 5.85. The third-order valence-electron chi connectivity index (χ3n) is 3.48. The number of anilines is 2. The van der Waals surface area contributed by atoms with Crippen LogP contribution >= 0.6 is 23.2 Å². The summed E-state index contributed by atoms with van der Waals surface area (Å²) in [6.45, 7) is 1.60. The third kappa shape index (κ3) is 3.04. The number of aromatic nitrogens is 2. The molecular formula is C14H15Cl2N5O. The van der Waals surface area contributed by atoms with Gasteiger partial charge in [0.1, 0.15) is 5.82 Å². The number of nitrogens with zero attached hydrogens (tertiary/aromatic N) is 2. The molecular weight excluding hydrogens is 325 g/mol. The van der Waals surface area contributed by atoms with Crippen molar-refractivity contribution in [2.24, 2.45) is 7.05 Å². The van der Waals surface area contributed by atoms with E-state index in [1.807, 2.05) is 7.05 Å². The topological polar surface area (TPSA) is 71.0 Å². The Morgan fingerprint density at radius 3 is 2.91 bits per heavy atom. The lowest BCUT2D eigenvalue weighted by Gasteiger charge is -2.14. The molecule has 0 saturated heterocycles. The van der Waals surface area contributed by atoms with Crippen molar-refractivity contribution in [1.29, 1.82) is 0 Å². The molecule has 0 fully saturated rings. The van der Waals surface area contributed by atoms with Crippen molar-refractivity contribution < 1.29 is 4.79 Å². The summed E-state index contributed by atoms with van der Waals surface area (Å²) in [7, 11) is 1.81. The number of halogens is 2. The number of rotatable bonds is 2. The van der Waals surface area contributed by atoms with E-state index >= 15 is 0 Å². The minimum absolute atomic E-state index is 0.352. The number of nitrogens with one attached hydrogen (secondary N) is 3. The van der Waals surface area contributed by atoms with E-state index < -0.39 is 0 Å². The van der Waals surface area contributed by atoms with Gasteiger partial charge in [-0.05, 0) is 18.2 Å². The Kier molecular flexibility index (Phi) is 4.24. The highest BCUT2D eigenvalue weighted by Gasteiger charge is 2.20. The van der Waals surface area contributed by atoms with Crippen molar-refractivity contribution in [3.63, 3.8) is 0 Å². The summed E-state index contributed by atoms with van der Waals surface area (Å²) in [5.41, 5.74) is 2.62. The van der Waals surface area contributed by atoms with Gasteiger partial charge in [-0.2, -0.15) is 5.10 Å². The highest BCUT2D eigenvalue weighted by Crippen LogP contribution is 2.26. The van der Waals surface area contributed by atoms with Crippen molar-refractivity contribution in [3.05, 3.63) is 39.5 Å². The van der Waals surface area contributed by atoms with E-state index in [9.17, 15) is 4.79 Å². The molecule has 0 radical (unpaired) electrons. The fraction of sp³-hybridized carbons (Fsp3) is 0.286. The Hall–Kier alpha value is -1.76. The number of carbonyl (C=O) groups is 1. The van der Waals surface area contributed by atoms with Crippen LogP contribution in [0.3, 0.4) is 0 Å². The Bertz CT molecular complexity index is 728. The summed E-state index contributed by atoms with van der Waals surface area (Å²) in [6.07, 6.45) is 0.860. The average Bonchev–Trinajstić information content (AvgIpc) is 2.79. The molecule has 1 aromatic carbocycles. The predicted octanol–water partition coefficient (Wildman–Crippen LogP) is 3.02. The lowest BCUT2D eigenvalue weighted by molar-refractivity contribution is 0.262. The number of amides is 2. The second kappa shape index (κ2) is 6.16. The Balaban J connectivity index is 1.74. The summed E-state index contributed by atoms with van der Waals surface area (Å²) >= 11 is 11.8. The average molecular weight is 340 g/mol. The maximum absolute atomic E-state index is 12.2. The van der Waals surface area contributed by atoms with Gasteiger partial charge in [0.05, 0.1) is 15.7 Å². The van der Waals surface area contributed by atoms with E-state index in [0.29, 0.717) is 28.1 Å². The molecule has 1 aliphatic rings.